The van der Waals surface area contributed by atoms with Crippen molar-refractivity contribution in [1.29, 1.82) is 0 Å². The van der Waals surface area contributed by atoms with Gasteiger partial charge >= 0.3 is 0 Å². The van der Waals surface area contributed by atoms with Crippen LogP contribution in [0.3, 0.4) is 0 Å². The van der Waals surface area contributed by atoms with Gasteiger partial charge in [-0.1, -0.05) is 31.4 Å². The Kier molecular flexibility index (Phi) is 1.75. The standard InChI is InChI=1S/C21H30O2/c1-5-6-7-8-15-12-18(22)20-16-11-14(2)9-10-17(16)21(3,4)23-19(20)13-15/h11-13,16-17,22H,5-10H2,1-4H3/t16-,17-/m1/s1/i3D3,4D3,8D2,10D2,11D,12D,13D,17D. The fourth-order valence-electron chi connectivity index (χ4n) is 2.78. The first-order chi connectivity index (χ1) is 16.5. The van der Waals surface area contributed by atoms with Gasteiger partial charge in [-0.05, 0) is 63.9 Å². The third kappa shape index (κ3) is 3.13. The van der Waals surface area contributed by atoms with Crippen molar-refractivity contribution in [3.63, 3.8) is 0 Å². The van der Waals surface area contributed by atoms with E-state index in [-0.39, 0.29) is 12.0 Å². The molecule has 0 unspecified atom stereocenters. The number of phenols is 1. The number of phenolic OH excluding ortho intramolecular Hbond substituents is 1. The zero-order chi connectivity index (χ0) is 28.7. The van der Waals surface area contributed by atoms with Gasteiger partial charge in [-0.3, -0.25) is 0 Å². The van der Waals surface area contributed by atoms with Gasteiger partial charge in [0.2, 0.25) is 0 Å². The summed E-state index contributed by atoms with van der Waals surface area (Å²) in [6.45, 7) is -4.24. The quantitative estimate of drug-likeness (QED) is 0.715. The highest BCUT2D eigenvalue weighted by Gasteiger charge is 2.45. The number of ether oxygens (including phenoxy) is 1. The van der Waals surface area contributed by atoms with Crippen LogP contribution >= 0.6 is 0 Å². The molecular weight excluding hydrogens is 284 g/mol. The van der Waals surface area contributed by atoms with Gasteiger partial charge in [0.05, 0.1) is 4.11 Å². The van der Waals surface area contributed by atoms with E-state index in [0.29, 0.717) is 12.8 Å². The number of allylic oxidation sites excluding steroid dienone is 2. The van der Waals surface area contributed by atoms with Gasteiger partial charge in [-0.25, -0.2) is 0 Å². The lowest BCUT2D eigenvalue weighted by atomic mass is 9.68. The Morgan fingerprint density at radius 3 is 3.09 bits per heavy atom. The predicted octanol–water partition coefficient (Wildman–Crippen LogP) is 5.74. The largest absolute Gasteiger partial charge is 0.507 e. The minimum Gasteiger partial charge on any atom is -0.507 e. The second-order valence-electron chi connectivity index (χ2n) is 5.90. The summed E-state index contributed by atoms with van der Waals surface area (Å²) in [5.41, 5.74) is -4.82. The van der Waals surface area contributed by atoms with Crippen LogP contribution in [0.4, 0.5) is 0 Å². The van der Waals surface area contributed by atoms with Crippen molar-refractivity contribution >= 4 is 0 Å². The monoisotopic (exact) mass is 328 g/mol. The topological polar surface area (TPSA) is 29.5 Å². The van der Waals surface area contributed by atoms with Gasteiger partial charge in [-0.2, -0.15) is 0 Å². The molecule has 0 fully saturated rings. The fraction of sp³-hybridized carbons (Fsp3) is 0.619. The molecule has 2 heteroatoms. The van der Waals surface area contributed by atoms with Crippen LogP contribution in [0.2, 0.25) is 0 Å². The van der Waals surface area contributed by atoms with Gasteiger partial charge in [0.15, 0.2) is 0 Å². The van der Waals surface area contributed by atoms with E-state index >= 15 is 0 Å². The minimum absolute atomic E-state index is 0.0653. The van der Waals surface area contributed by atoms with Crippen LogP contribution in [0.5, 0.6) is 11.5 Å². The van der Waals surface area contributed by atoms with E-state index in [1.54, 1.807) is 6.92 Å². The molecule has 0 amide bonds. The average Bonchev–Trinajstić information content (AvgIpc) is 2.72. The van der Waals surface area contributed by atoms with Crippen molar-refractivity contribution in [3.05, 3.63) is 34.8 Å². The molecule has 1 aromatic carbocycles. The second kappa shape index (κ2) is 6.22. The number of rotatable bonds is 4. The lowest BCUT2D eigenvalue weighted by molar-refractivity contribution is 0.0107. The molecule has 1 N–H and O–H groups in total. The van der Waals surface area contributed by atoms with E-state index < -0.39 is 91.0 Å². The molecule has 0 aromatic heterocycles. The van der Waals surface area contributed by atoms with Crippen molar-refractivity contribution < 1.29 is 29.0 Å². The highest BCUT2D eigenvalue weighted by Crippen LogP contribution is 2.53. The molecule has 2 nitrogen and oxygen atoms in total. The molecule has 126 valence electrons. The van der Waals surface area contributed by atoms with Crippen LogP contribution in [0.15, 0.2) is 23.7 Å². The third-order valence-electron chi connectivity index (χ3n) is 3.96. The number of aromatic hydroxyl groups is 1. The fourth-order valence-corrected chi connectivity index (χ4v) is 2.78. The van der Waals surface area contributed by atoms with Crippen molar-refractivity contribution in [2.45, 2.75) is 77.5 Å². The van der Waals surface area contributed by atoms with Crippen molar-refractivity contribution in [1.82, 2.24) is 0 Å². The number of unbranched alkanes of at least 4 members (excludes halogenated alkanes) is 1. The molecule has 1 heterocycles. The van der Waals surface area contributed by atoms with Crippen LogP contribution in [-0.4, -0.2) is 10.7 Å². The SMILES string of the molecule is [2H]C1=C(C)CC([2H])([2H])[C@]2([2H])[C@@H]1c1c(O)c([2H])c(C([2H])([2H])CCCC)c([2H])c1OC2(C([2H])([2H])[2H])C([2H])([2H])[2H]. The van der Waals surface area contributed by atoms with E-state index in [1.807, 2.05) is 0 Å². The summed E-state index contributed by atoms with van der Waals surface area (Å²) >= 11 is 0. The molecular formula is C21H30O2. The Morgan fingerprint density at radius 1 is 1.52 bits per heavy atom. The molecule has 0 bridgehead atoms. The summed E-state index contributed by atoms with van der Waals surface area (Å²) in [5, 5.41) is 11.1. The summed E-state index contributed by atoms with van der Waals surface area (Å²) < 4.78 is 124. The second-order valence-corrected chi connectivity index (χ2v) is 5.90. The molecule has 1 aliphatic carbocycles. The Morgan fingerprint density at radius 2 is 2.35 bits per heavy atom. The predicted molar refractivity (Wildman–Crippen MR) is 95.3 cm³/mol. The Labute approximate surface area is 160 Å². The minimum atomic E-state index is -3.70. The molecule has 23 heavy (non-hydrogen) atoms. The Balaban J connectivity index is 2.61. The van der Waals surface area contributed by atoms with Gasteiger partial charge in [0.25, 0.3) is 0 Å². The van der Waals surface area contributed by atoms with Gasteiger partial charge in [-0.15, -0.1) is 0 Å². The van der Waals surface area contributed by atoms with Crippen LogP contribution < -0.4 is 4.74 Å². The van der Waals surface area contributed by atoms with Gasteiger partial charge < -0.3 is 9.84 Å². The molecule has 0 saturated carbocycles. The smallest absolute Gasteiger partial charge is 0.127 e. The van der Waals surface area contributed by atoms with Crippen molar-refractivity contribution in [2.75, 3.05) is 0 Å². The highest BCUT2D eigenvalue weighted by molar-refractivity contribution is 5.53. The number of benzene rings is 1. The van der Waals surface area contributed by atoms with Crippen LogP contribution in [0.1, 0.15) is 95.8 Å². The van der Waals surface area contributed by atoms with E-state index in [9.17, 15) is 6.48 Å². The molecule has 1 aromatic rings. The highest BCUT2D eigenvalue weighted by atomic mass is 16.5. The van der Waals surface area contributed by atoms with E-state index in [4.69, 9.17) is 22.6 Å². The summed E-state index contributed by atoms with van der Waals surface area (Å²) in [6, 6.07) is -2.25. The zero-order valence-corrected chi connectivity index (χ0v) is 13.3. The Bertz CT molecular complexity index is 1120. The normalized spacial score (nSPS) is 41.6. The van der Waals surface area contributed by atoms with Gasteiger partial charge in [0, 0.05) is 32.5 Å². The number of fused-ring (bicyclic) bond motifs is 3. The lowest BCUT2D eigenvalue weighted by Crippen LogP contribution is -2.45. The number of hydrogen-bond donors (Lipinski definition) is 1. The van der Waals surface area contributed by atoms with Crippen LogP contribution in [0.25, 0.3) is 0 Å². The maximum atomic E-state index is 11.1. The van der Waals surface area contributed by atoms with Crippen LogP contribution in [-0.2, 0) is 6.37 Å². The van der Waals surface area contributed by atoms with Crippen molar-refractivity contribution in [2.24, 2.45) is 5.89 Å². The molecule has 0 radical (unpaired) electrons. The average molecular weight is 329 g/mol. The maximum absolute atomic E-state index is 11.1. The van der Waals surface area contributed by atoms with E-state index in [2.05, 4.69) is 0 Å². The third-order valence-corrected chi connectivity index (χ3v) is 3.96. The maximum Gasteiger partial charge on any atom is 0.127 e. The zero-order valence-electron chi connectivity index (χ0n) is 27.3. The van der Waals surface area contributed by atoms with Crippen LogP contribution in [0, 0.1) is 5.89 Å². The number of hydrogen-bond acceptors (Lipinski definition) is 2. The van der Waals surface area contributed by atoms with Crippen molar-refractivity contribution in [3.8, 4) is 11.5 Å². The first-order valence-corrected chi connectivity index (χ1v) is 7.77. The first-order valence-electron chi connectivity index (χ1n) is 14.8. The van der Waals surface area contributed by atoms with E-state index in [0.717, 1.165) is 0 Å². The van der Waals surface area contributed by atoms with Gasteiger partial charge in [0.1, 0.15) is 17.1 Å². The first kappa shape index (κ1) is 6.46. The molecule has 3 rings (SSSR count). The lowest BCUT2D eigenvalue weighted by Gasteiger charge is -2.46. The summed E-state index contributed by atoms with van der Waals surface area (Å²) in [6.07, 6.45) is -5.18. The molecule has 2 atom stereocenters. The molecule has 1 aliphatic heterocycles. The Hall–Kier alpha value is -1.44. The van der Waals surface area contributed by atoms with E-state index in [1.165, 1.54) is 6.92 Å². The molecule has 0 spiro atoms. The molecule has 0 saturated heterocycles. The summed E-state index contributed by atoms with van der Waals surface area (Å²) in [7, 11) is 0. The summed E-state index contributed by atoms with van der Waals surface area (Å²) in [4.78, 5) is 0. The molecule has 2 aliphatic rings. The summed E-state index contributed by atoms with van der Waals surface area (Å²) in [5.74, 6) is -7.16.